The molecule has 0 atom stereocenters. The van der Waals surface area contributed by atoms with E-state index in [4.69, 9.17) is 14.7 Å². The molecule has 2 N–H and O–H groups in total. The van der Waals surface area contributed by atoms with Crippen LogP contribution in [0.25, 0.3) is 23.1 Å². The minimum atomic E-state index is -0.445. The smallest absolute Gasteiger partial charge is 0.255 e. The highest BCUT2D eigenvalue weighted by Gasteiger charge is 2.18. The Kier molecular flexibility index (Phi) is 5.56. The van der Waals surface area contributed by atoms with Crippen LogP contribution in [0.2, 0.25) is 0 Å². The second-order valence-corrected chi connectivity index (χ2v) is 5.75. The molecule has 1 amide bonds. The lowest BCUT2D eigenvalue weighted by molar-refractivity contribution is 0.0955. The van der Waals surface area contributed by atoms with Crippen LogP contribution < -0.4 is 14.8 Å². The molecule has 142 valence electrons. The fraction of sp³-hybridized carbons (Fsp3) is 0.150. The van der Waals surface area contributed by atoms with Crippen molar-refractivity contribution in [3.8, 4) is 17.6 Å². The second kappa shape index (κ2) is 8.22. The van der Waals surface area contributed by atoms with Gasteiger partial charge < -0.3 is 14.8 Å². The summed E-state index contributed by atoms with van der Waals surface area (Å²) in [5.41, 5.74) is 2.25. The average molecular weight is 380 g/mol. The molecule has 0 saturated carbocycles. The van der Waals surface area contributed by atoms with E-state index in [9.17, 15) is 9.18 Å². The van der Waals surface area contributed by atoms with Crippen molar-refractivity contribution < 1.29 is 18.7 Å². The predicted molar refractivity (Wildman–Crippen MR) is 102 cm³/mol. The summed E-state index contributed by atoms with van der Waals surface area (Å²) in [5.74, 6) is -0.375. The molecular weight excluding hydrogens is 363 g/mol. The summed E-state index contributed by atoms with van der Waals surface area (Å²) < 4.78 is 24.0. The van der Waals surface area contributed by atoms with Gasteiger partial charge in [0.2, 0.25) is 0 Å². The molecule has 0 fully saturated rings. The monoisotopic (exact) mass is 380 g/mol. The molecular formula is C20H17FN4O3. The number of ether oxygens (including phenoxy) is 2. The van der Waals surface area contributed by atoms with Crippen LogP contribution >= 0.6 is 0 Å². The number of nitriles is 1. The maximum absolute atomic E-state index is 13.6. The van der Waals surface area contributed by atoms with Gasteiger partial charge in [-0.3, -0.25) is 9.89 Å². The Balaban J connectivity index is 2.02. The number of halogens is 1. The zero-order chi connectivity index (χ0) is 20.1. The number of rotatable bonds is 6. The molecule has 28 heavy (non-hydrogen) atoms. The highest BCUT2D eigenvalue weighted by atomic mass is 19.1. The predicted octanol–water partition coefficient (Wildman–Crippen LogP) is 3.14. The van der Waals surface area contributed by atoms with E-state index in [1.165, 1.54) is 20.3 Å². The van der Waals surface area contributed by atoms with Gasteiger partial charge in [0.15, 0.2) is 11.6 Å². The van der Waals surface area contributed by atoms with Crippen molar-refractivity contribution in [3.63, 3.8) is 0 Å². The van der Waals surface area contributed by atoms with Crippen LogP contribution in [0, 0.1) is 17.1 Å². The van der Waals surface area contributed by atoms with Gasteiger partial charge in [0.1, 0.15) is 12.3 Å². The van der Waals surface area contributed by atoms with E-state index in [0.29, 0.717) is 27.9 Å². The normalized spacial score (nSPS) is 10.8. The molecule has 0 aliphatic carbocycles. The van der Waals surface area contributed by atoms with E-state index in [0.717, 1.165) is 5.56 Å². The first-order valence-corrected chi connectivity index (χ1v) is 8.31. The molecule has 1 aromatic heterocycles. The summed E-state index contributed by atoms with van der Waals surface area (Å²) in [6.45, 7) is -0.107. The number of benzene rings is 2. The first-order chi connectivity index (χ1) is 13.6. The average Bonchev–Trinajstić information content (AvgIpc) is 3.13. The number of hydrogen-bond donors (Lipinski definition) is 2. The van der Waals surface area contributed by atoms with Gasteiger partial charge in [-0.25, -0.2) is 4.39 Å². The highest BCUT2D eigenvalue weighted by Crippen LogP contribution is 2.32. The second-order valence-electron chi connectivity index (χ2n) is 5.75. The fourth-order valence-electron chi connectivity index (χ4n) is 2.79. The number of aromatic nitrogens is 2. The van der Waals surface area contributed by atoms with E-state index in [1.807, 2.05) is 6.07 Å². The molecule has 0 saturated heterocycles. The van der Waals surface area contributed by atoms with Gasteiger partial charge in [0, 0.05) is 0 Å². The highest BCUT2D eigenvalue weighted by molar-refractivity contribution is 6.05. The number of carbonyl (C=O) groups is 1. The summed E-state index contributed by atoms with van der Waals surface area (Å²) >= 11 is 0. The van der Waals surface area contributed by atoms with Crippen molar-refractivity contribution in [2.75, 3.05) is 20.8 Å². The van der Waals surface area contributed by atoms with Gasteiger partial charge in [-0.05, 0) is 35.9 Å². The molecule has 0 aliphatic rings. The summed E-state index contributed by atoms with van der Waals surface area (Å²) in [6, 6.07) is 9.68. The molecule has 0 bridgehead atoms. The third kappa shape index (κ3) is 3.64. The number of nitrogens with one attached hydrogen (secondary N) is 2. The third-order valence-electron chi connectivity index (χ3n) is 4.10. The van der Waals surface area contributed by atoms with E-state index in [2.05, 4.69) is 15.5 Å². The lowest BCUT2D eigenvalue weighted by Crippen LogP contribution is -2.24. The largest absolute Gasteiger partial charge is 0.495 e. The SMILES string of the molecule is COc1cc(C=Cc2n[nH]c3ccc(C(=O)NCC#N)c(OC)c23)ccc1F. The first-order valence-electron chi connectivity index (χ1n) is 8.31. The lowest BCUT2D eigenvalue weighted by Gasteiger charge is -2.09. The van der Waals surface area contributed by atoms with E-state index < -0.39 is 11.7 Å². The van der Waals surface area contributed by atoms with Crippen LogP contribution in [0.1, 0.15) is 21.6 Å². The zero-order valence-corrected chi connectivity index (χ0v) is 15.2. The summed E-state index contributed by atoms with van der Waals surface area (Å²) in [4.78, 5) is 12.3. The Morgan fingerprint density at radius 2 is 2.11 bits per heavy atom. The molecule has 0 radical (unpaired) electrons. The van der Waals surface area contributed by atoms with Crippen molar-refractivity contribution in [2.45, 2.75) is 0 Å². The molecule has 3 rings (SSSR count). The number of carbonyl (C=O) groups excluding carboxylic acids is 1. The van der Waals surface area contributed by atoms with Gasteiger partial charge in [0.25, 0.3) is 5.91 Å². The summed E-state index contributed by atoms with van der Waals surface area (Å²) in [6.07, 6.45) is 3.48. The van der Waals surface area contributed by atoms with Gasteiger partial charge >= 0.3 is 0 Å². The maximum Gasteiger partial charge on any atom is 0.255 e. The van der Waals surface area contributed by atoms with Crippen molar-refractivity contribution >= 4 is 29.0 Å². The molecule has 0 unspecified atom stereocenters. The molecule has 8 heteroatoms. The van der Waals surface area contributed by atoms with Crippen LogP contribution in [0.3, 0.4) is 0 Å². The Bertz CT molecular complexity index is 1100. The molecule has 3 aromatic rings. The van der Waals surface area contributed by atoms with Crippen LogP contribution in [-0.4, -0.2) is 36.9 Å². The van der Waals surface area contributed by atoms with E-state index >= 15 is 0 Å². The maximum atomic E-state index is 13.6. The summed E-state index contributed by atoms with van der Waals surface area (Å²) in [7, 11) is 2.86. The van der Waals surface area contributed by atoms with E-state index in [-0.39, 0.29) is 12.3 Å². The quantitative estimate of drug-likeness (QED) is 0.640. The van der Waals surface area contributed by atoms with Crippen molar-refractivity contribution in [3.05, 3.63) is 53.0 Å². The van der Waals surface area contributed by atoms with Crippen molar-refractivity contribution in [1.82, 2.24) is 15.5 Å². The zero-order valence-electron chi connectivity index (χ0n) is 15.2. The van der Waals surface area contributed by atoms with Crippen molar-refractivity contribution in [1.29, 1.82) is 5.26 Å². The lowest BCUT2D eigenvalue weighted by atomic mass is 10.1. The minimum Gasteiger partial charge on any atom is -0.495 e. The van der Waals surface area contributed by atoms with Crippen LogP contribution in [-0.2, 0) is 0 Å². The number of fused-ring (bicyclic) bond motifs is 1. The number of aromatic amines is 1. The van der Waals surface area contributed by atoms with Gasteiger partial charge in [-0.15, -0.1) is 0 Å². The Morgan fingerprint density at radius 1 is 1.29 bits per heavy atom. The number of H-pyrrole nitrogens is 1. The van der Waals surface area contributed by atoms with Crippen molar-refractivity contribution in [2.24, 2.45) is 0 Å². The first kappa shape index (κ1) is 18.9. The van der Waals surface area contributed by atoms with Gasteiger partial charge in [-0.2, -0.15) is 10.4 Å². The van der Waals surface area contributed by atoms with Gasteiger partial charge in [-0.1, -0.05) is 12.1 Å². The number of methoxy groups -OCH3 is 2. The van der Waals surface area contributed by atoms with Crippen LogP contribution in [0.4, 0.5) is 4.39 Å². The molecule has 2 aromatic carbocycles. The number of nitrogens with zero attached hydrogens (tertiary/aromatic N) is 2. The number of hydrogen-bond acceptors (Lipinski definition) is 5. The molecule has 0 spiro atoms. The van der Waals surface area contributed by atoms with E-state index in [1.54, 1.807) is 36.4 Å². The molecule has 7 nitrogen and oxygen atoms in total. The fourth-order valence-corrected chi connectivity index (χ4v) is 2.79. The molecule has 0 aliphatic heterocycles. The van der Waals surface area contributed by atoms with Crippen LogP contribution in [0.15, 0.2) is 30.3 Å². The standard InChI is InChI=1S/C20H17FN4O3/c1-27-17-11-12(3-6-14(17)21)4-7-15-18-16(25-24-15)8-5-13(19(18)28-2)20(26)23-10-9-22/h3-8,11H,10H2,1-2H3,(H,23,26)(H,24,25). The molecule has 1 heterocycles. The van der Waals surface area contributed by atoms with Crippen LogP contribution in [0.5, 0.6) is 11.5 Å². The Labute approximate surface area is 160 Å². The Morgan fingerprint density at radius 3 is 2.82 bits per heavy atom. The summed E-state index contributed by atoms with van der Waals surface area (Å²) in [5, 5.41) is 18.9. The topological polar surface area (TPSA) is 100 Å². The van der Waals surface area contributed by atoms with Gasteiger partial charge in [0.05, 0.1) is 42.4 Å². The number of amides is 1. The Hall–Kier alpha value is -3.86. The third-order valence-corrected chi connectivity index (χ3v) is 4.10. The minimum absolute atomic E-state index is 0.107.